The summed E-state index contributed by atoms with van der Waals surface area (Å²) in [4.78, 5) is 22.1. The van der Waals surface area contributed by atoms with Crippen LogP contribution in [0.2, 0.25) is 5.02 Å². The average Bonchev–Trinajstić information content (AvgIpc) is 2.16. The maximum absolute atomic E-state index is 11.4. The van der Waals surface area contributed by atoms with Crippen molar-refractivity contribution in [1.29, 1.82) is 0 Å². The third-order valence-corrected chi connectivity index (χ3v) is 2.45. The highest BCUT2D eigenvalue weighted by atomic mass is 35.5. The molecule has 0 unspecified atom stereocenters. The number of fused-ring (bicyclic) bond motifs is 1. The summed E-state index contributed by atoms with van der Waals surface area (Å²) in [6.45, 7) is 0. The molecule has 5 heteroatoms. The minimum absolute atomic E-state index is 0.164. The third kappa shape index (κ3) is 1.80. The number of aliphatic carboxylic acids is 1. The first-order valence-electron chi connectivity index (χ1n) is 4.30. The zero-order valence-electron chi connectivity index (χ0n) is 7.57. The van der Waals surface area contributed by atoms with E-state index in [1.54, 1.807) is 12.1 Å². The van der Waals surface area contributed by atoms with Gasteiger partial charge < -0.3 is 9.84 Å². The molecule has 1 aromatic carbocycles. The molecule has 0 radical (unpaired) electrons. The summed E-state index contributed by atoms with van der Waals surface area (Å²) >= 11 is 5.75. The van der Waals surface area contributed by atoms with Crippen molar-refractivity contribution in [1.82, 2.24) is 0 Å². The zero-order valence-corrected chi connectivity index (χ0v) is 8.32. The van der Waals surface area contributed by atoms with Crippen LogP contribution < -0.4 is 0 Å². The first-order valence-corrected chi connectivity index (χ1v) is 4.68. The fourth-order valence-corrected chi connectivity index (χ4v) is 1.70. The predicted molar refractivity (Wildman–Crippen MR) is 52.0 cm³/mol. The van der Waals surface area contributed by atoms with Crippen LogP contribution in [0.5, 0.6) is 0 Å². The van der Waals surface area contributed by atoms with Gasteiger partial charge in [0.15, 0.2) is 0 Å². The summed E-state index contributed by atoms with van der Waals surface area (Å²) in [5, 5.41) is 9.22. The van der Waals surface area contributed by atoms with Crippen LogP contribution in [0.3, 0.4) is 0 Å². The first kappa shape index (κ1) is 9.98. The summed E-state index contributed by atoms with van der Waals surface area (Å²) in [6, 6.07) is 4.70. The van der Waals surface area contributed by atoms with E-state index in [-0.39, 0.29) is 6.42 Å². The monoisotopic (exact) mass is 226 g/mol. The van der Waals surface area contributed by atoms with E-state index < -0.39 is 18.0 Å². The number of carboxylic acids is 1. The van der Waals surface area contributed by atoms with Crippen molar-refractivity contribution in [3.8, 4) is 0 Å². The molecule has 2 rings (SSSR count). The van der Waals surface area contributed by atoms with Gasteiger partial charge >= 0.3 is 11.9 Å². The quantitative estimate of drug-likeness (QED) is 0.738. The van der Waals surface area contributed by atoms with E-state index in [2.05, 4.69) is 0 Å². The highest BCUT2D eigenvalue weighted by molar-refractivity contribution is 6.30. The summed E-state index contributed by atoms with van der Waals surface area (Å²) < 4.78 is 4.73. The molecule has 1 aliphatic heterocycles. The first-order chi connectivity index (χ1) is 7.08. The Morgan fingerprint density at radius 1 is 1.53 bits per heavy atom. The van der Waals surface area contributed by atoms with Crippen LogP contribution >= 0.6 is 11.6 Å². The summed E-state index contributed by atoms with van der Waals surface area (Å²) in [7, 11) is 0. The van der Waals surface area contributed by atoms with E-state index >= 15 is 0 Å². The van der Waals surface area contributed by atoms with Crippen LogP contribution in [0, 0.1) is 0 Å². The molecule has 78 valence electrons. The van der Waals surface area contributed by atoms with E-state index in [1.807, 2.05) is 0 Å². The number of esters is 1. The molecule has 1 aromatic rings. The molecule has 0 fully saturated rings. The molecule has 0 aromatic heterocycles. The molecular formula is C10H7ClO4. The van der Waals surface area contributed by atoms with E-state index in [9.17, 15) is 9.59 Å². The van der Waals surface area contributed by atoms with Gasteiger partial charge in [0.25, 0.3) is 0 Å². The van der Waals surface area contributed by atoms with Crippen molar-refractivity contribution >= 4 is 23.5 Å². The second kappa shape index (κ2) is 3.55. The minimum Gasteiger partial charge on any atom is -0.478 e. The molecule has 0 bridgehead atoms. The van der Waals surface area contributed by atoms with Crippen LogP contribution in [0.1, 0.15) is 15.9 Å². The molecule has 1 atom stereocenters. The number of rotatable bonds is 1. The lowest BCUT2D eigenvalue weighted by Gasteiger charge is -2.21. The zero-order chi connectivity index (χ0) is 11.0. The standard InChI is InChI=1S/C10H7ClO4/c11-6-1-2-7-5(3-6)4-8(9(12)13)15-10(7)14/h1-3,8H,4H2,(H,12,13)/t8-/m1/s1. The topological polar surface area (TPSA) is 63.6 Å². The minimum atomic E-state index is -1.14. The highest BCUT2D eigenvalue weighted by Gasteiger charge is 2.30. The van der Waals surface area contributed by atoms with Gasteiger partial charge in [-0.1, -0.05) is 11.6 Å². The molecule has 1 aliphatic rings. The van der Waals surface area contributed by atoms with Gasteiger partial charge in [-0.25, -0.2) is 9.59 Å². The maximum Gasteiger partial charge on any atom is 0.345 e. The van der Waals surface area contributed by atoms with Crippen molar-refractivity contribution in [2.24, 2.45) is 0 Å². The number of cyclic esters (lactones) is 1. The van der Waals surface area contributed by atoms with Gasteiger partial charge in [0.1, 0.15) is 0 Å². The highest BCUT2D eigenvalue weighted by Crippen LogP contribution is 2.23. The van der Waals surface area contributed by atoms with Gasteiger partial charge in [0.2, 0.25) is 6.10 Å². The Morgan fingerprint density at radius 3 is 2.93 bits per heavy atom. The van der Waals surface area contributed by atoms with E-state index in [4.69, 9.17) is 21.4 Å². The number of carbonyl (C=O) groups excluding carboxylic acids is 1. The molecule has 4 nitrogen and oxygen atoms in total. The average molecular weight is 227 g/mol. The van der Waals surface area contributed by atoms with Crippen molar-refractivity contribution in [3.05, 3.63) is 34.3 Å². The Morgan fingerprint density at radius 2 is 2.27 bits per heavy atom. The van der Waals surface area contributed by atoms with Gasteiger partial charge in [-0.15, -0.1) is 0 Å². The van der Waals surface area contributed by atoms with Crippen molar-refractivity contribution in [2.45, 2.75) is 12.5 Å². The lowest BCUT2D eigenvalue weighted by Crippen LogP contribution is -2.34. The van der Waals surface area contributed by atoms with E-state index in [1.165, 1.54) is 6.07 Å². The van der Waals surface area contributed by atoms with Crippen LogP contribution in [0.15, 0.2) is 18.2 Å². The Hall–Kier alpha value is -1.55. The normalized spacial score (nSPS) is 19.3. The Labute approximate surface area is 90.4 Å². The Kier molecular flexibility index (Phi) is 2.36. The molecular weight excluding hydrogens is 220 g/mol. The second-order valence-corrected chi connectivity index (χ2v) is 3.67. The van der Waals surface area contributed by atoms with Crippen LogP contribution in [0.4, 0.5) is 0 Å². The number of hydrogen-bond donors (Lipinski definition) is 1. The predicted octanol–water partition coefficient (Wildman–Crippen LogP) is 1.51. The van der Waals surface area contributed by atoms with Crippen molar-refractivity contribution in [2.75, 3.05) is 0 Å². The summed E-state index contributed by atoms with van der Waals surface area (Å²) in [5.41, 5.74) is 1.00. The van der Waals surface area contributed by atoms with Gasteiger partial charge in [0, 0.05) is 11.4 Å². The molecule has 0 aliphatic carbocycles. The molecule has 0 amide bonds. The van der Waals surface area contributed by atoms with E-state index in [0.717, 1.165) is 0 Å². The smallest absolute Gasteiger partial charge is 0.345 e. The number of carbonyl (C=O) groups is 2. The summed E-state index contributed by atoms with van der Waals surface area (Å²) in [6.07, 6.45) is -0.944. The Bertz CT molecular complexity index is 441. The summed E-state index contributed by atoms with van der Waals surface area (Å²) in [5.74, 6) is -1.76. The molecule has 1 heterocycles. The number of hydrogen-bond acceptors (Lipinski definition) is 3. The number of benzene rings is 1. The SMILES string of the molecule is O=C1O[C@@H](C(=O)O)Cc2cc(Cl)ccc21. The third-order valence-electron chi connectivity index (χ3n) is 2.22. The fourth-order valence-electron chi connectivity index (χ4n) is 1.50. The molecule has 15 heavy (non-hydrogen) atoms. The molecule has 0 saturated heterocycles. The Balaban J connectivity index is 2.41. The maximum atomic E-state index is 11.4. The second-order valence-electron chi connectivity index (χ2n) is 3.24. The van der Waals surface area contributed by atoms with E-state index in [0.29, 0.717) is 16.1 Å². The largest absolute Gasteiger partial charge is 0.478 e. The fraction of sp³-hybridized carbons (Fsp3) is 0.200. The van der Waals surface area contributed by atoms with Gasteiger partial charge in [0.05, 0.1) is 5.56 Å². The molecule has 0 saturated carbocycles. The number of carboxylic acid groups (broad SMARTS) is 1. The van der Waals surface area contributed by atoms with Gasteiger partial charge in [-0.05, 0) is 23.8 Å². The number of halogens is 1. The van der Waals surface area contributed by atoms with Crippen LogP contribution in [-0.2, 0) is 16.0 Å². The lowest BCUT2D eigenvalue weighted by molar-refractivity contribution is -0.147. The van der Waals surface area contributed by atoms with Crippen LogP contribution in [0.25, 0.3) is 0 Å². The van der Waals surface area contributed by atoms with Crippen molar-refractivity contribution < 1.29 is 19.4 Å². The van der Waals surface area contributed by atoms with Crippen LogP contribution in [-0.4, -0.2) is 23.1 Å². The number of ether oxygens (including phenoxy) is 1. The lowest BCUT2D eigenvalue weighted by atomic mass is 9.99. The molecule has 0 spiro atoms. The van der Waals surface area contributed by atoms with Gasteiger partial charge in [-0.3, -0.25) is 0 Å². The van der Waals surface area contributed by atoms with Crippen molar-refractivity contribution in [3.63, 3.8) is 0 Å². The molecule has 1 N–H and O–H groups in total. The van der Waals surface area contributed by atoms with Gasteiger partial charge in [-0.2, -0.15) is 0 Å².